The van der Waals surface area contributed by atoms with E-state index >= 15 is 0 Å². The highest BCUT2D eigenvalue weighted by molar-refractivity contribution is 5.97. The first-order chi connectivity index (χ1) is 11.7. The molecule has 1 heterocycles. The molecule has 0 saturated carbocycles. The van der Waals surface area contributed by atoms with Crippen LogP contribution < -0.4 is 20.1 Å². The van der Waals surface area contributed by atoms with Gasteiger partial charge in [-0.2, -0.15) is 0 Å². The summed E-state index contributed by atoms with van der Waals surface area (Å²) in [5, 5.41) is 5.79. The van der Waals surface area contributed by atoms with Gasteiger partial charge in [0.25, 0.3) is 0 Å². The van der Waals surface area contributed by atoms with Gasteiger partial charge in [0, 0.05) is 5.69 Å². The van der Waals surface area contributed by atoms with Gasteiger partial charge in [-0.25, -0.2) is 4.79 Å². The van der Waals surface area contributed by atoms with Crippen molar-refractivity contribution in [2.24, 2.45) is 0 Å². The molecule has 0 spiro atoms. The molecule has 1 atom stereocenters. The summed E-state index contributed by atoms with van der Waals surface area (Å²) >= 11 is 0. The van der Waals surface area contributed by atoms with Gasteiger partial charge in [0.1, 0.15) is 11.8 Å². The number of esters is 1. The SMILES string of the molecule is CCOc1ccc(NC(=O)C[C@H]2Nc3ccccc3OC2=O)cc1. The fraction of sp³-hybridized carbons (Fsp3) is 0.222. The van der Waals surface area contributed by atoms with Gasteiger partial charge in [0.2, 0.25) is 5.91 Å². The molecule has 2 N–H and O–H groups in total. The van der Waals surface area contributed by atoms with E-state index in [1.54, 1.807) is 42.5 Å². The third-order valence-corrected chi connectivity index (χ3v) is 3.55. The van der Waals surface area contributed by atoms with Crippen LogP contribution >= 0.6 is 0 Å². The van der Waals surface area contributed by atoms with Crippen molar-refractivity contribution in [3.63, 3.8) is 0 Å². The highest BCUT2D eigenvalue weighted by Crippen LogP contribution is 2.29. The van der Waals surface area contributed by atoms with Gasteiger partial charge in [0.15, 0.2) is 5.75 Å². The van der Waals surface area contributed by atoms with Gasteiger partial charge in [-0.15, -0.1) is 0 Å². The Hall–Kier alpha value is -3.02. The Morgan fingerprint density at radius 1 is 1.21 bits per heavy atom. The second-order valence-electron chi connectivity index (χ2n) is 5.32. The molecule has 0 saturated heterocycles. The lowest BCUT2D eigenvalue weighted by atomic mass is 10.1. The quantitative estimate of drug-likeness (QED) is 0.653. The summed E-state index contributed by atoms with van der Waals surface area (Å²) in [5.74, 6) is 0.485. The molecule has 2 aromatic carbocycles. The lowest BCUT2D eigenvalue weighted by Gasteiger charge is -2.25. The van der Waals surface area contributed by atoms with E-state index in [-0.39, 0.29) is 12.3 Å². The van der Waals surface area contributed by atoms with E-state index in [4.69, 9.17) is 9.47 Å². The third-order valence-electron chi connectivity index (χ3n) is 3.55. The van der Waals surface area contributed by atoms with E-state index < -0.39 is 12.0 Å². The van der Waals surface area contributed by atoms with Crippen LogP contribution in [0.5, 0.6) is 11.5 Å². The second-order valence-corrected chi connectivity index (χ2v) is 5.32. The number of ether oxygens (including phenoxy) is 2. The number of carbonyl (C=O) groups excluding carboxylic acids is 2. The first kappa shape index (κ1) is 15.9. The Kier molecular flexibility index (Phi) is 4.65. The Morgan fingerprint density at radius 2 is 1.96 bits per heavy atom. The molecule has 0 radical (unpaired) electrons. The number of rotatable bonds is 5. The molecular formula is C18H18N2O4. The van der Waals surface area contributed by atoms with E-state index in [9.17, 15) is 9.59 Å². The van der Waals surface area contributed by atoms with Crippen LogP contribution in [0.25, 0.3) is 0 Å². The van der Waals surface area contributed by atoms with Gasteiger partial charge >= 0.3 is 5.97 Å². The maximum atomic E-state index is 12.2. The number of anilines is 2. The number of amides is 1. The Labute approximate surface area is 139 Å². The fourth-order valence-electron chi connectivity index (χ4n) is 2.43. The normalized spacial score (nSPS) is 15.7. The molecule has 1 aliphatic heterocycles. The van der Waals surface area contributed by atoms with Gasteiger partial charge in [-0.05, 0) is 43.3 Å². The van der Waals surface area contributed by atoms with Crippen molar-refractivity contribution in [2.45, 2.75) is 19.4 Å². The molecule has 2 aromatic rings. The molecule has 124 valence electrons. The number of fused-ring (bicyclic) bond motifs is 1. The molecule has 0 aromatic heterocycles. The summed E-state index contributed by atoms with van der Waals surface area (Å²) in [4.78, 5) is 24.1. The smallest absolute Gasteiger partial charge is 0.334 e. The van der Waals surface area contributed by atoms with Crippen molar-refractivity contribution in [1.29, 1.82) is 0 Å². The van der Waals surface area contributed by atoms with Gasteiger partial charge < -0.3 is 20.1 Å². The van der Waals surface area contributed by atoms with Crippen LogP contribution in [-0.2, 0) is 9.59 Å². The van der Waals surface area contributed by atoms with Crippen LogP contribution in [0.2, 0.25) is 0 Å². The van der Waals surface area contributed by atoms with E-state index in [1.807, 2.05) is 13.0 Å². The zero-order valence-corrected chi connectivity index (χ0v) is 13.2. The molecule has 0 bridgehead atoms. The van der Waals surface area contributed by atoms with Gasteiger partial charge in [-0.3, -0.25) is 4.79 Å². The van der Waals surface area contributed by atoms with Crippen LogP contribution in [0.4, 0.5) is 11.4 Å². The molecule has 1 amide bonds. The molecular weight excluding hydrogens is 308 g/mol. The molecule has 0 aliphatic carbocycles. The lowest BCUT2D eigenvalue weighted by molar-refractivity contribution is -0.137. The number of para-hydroxylation sites is 2. The summed E-state index contributed by atoms with van der Waals surface area (Å²) in [6.45, 7) is 2.49. The summed E-state index contributed by atoms with van der Waals surface area (Å²) < 4.78 is 10.6. The topological polar surface area (TPSA) is 76.7 Å². The maximum Gasteiger partial charge on any atom is 0.334 e. The number of hydrogen-bond donors (Lipinski definition) is 2. The fourth-order valence-corrected chi connectivity index (χ4v) is 2.43. The summed E-state index contributed by atoms with van der Waals surface area (Å²) in [6.07, 6.45) is -0.0135. The zero-order valence-electron chi connectivity index (χ0n) is 13.2. The number of nitrogens with one attached hydrogen (secondary N) is 2. The monoisotopic (exact) mass is 326 g/mol. The summed E-state index contributed by atoms with van der Waals surface area (Å²) in [6, 6.07) is 13.5. The summed E-state index contributed by atoms with van der Waals surface area (Å²) in [7, 11) is 0. The van der Waals surface area contributed by atoms with Crippen LogP contribution in [0.1, 0.15) is 13.3 Å². The van der Waals surface area contributed by atoms with E-state index in [2.05, 4.69) is 10.6 Å². The first-order valence-electron chi connectivity index (χ1n) is 7.75. The highest BCUT2D eigenvalue weighted by atomic mass is 16.5. The van der Waals surface area contributed by atoms with Crippen LogP contribution in [0, 0.1) is 0 Å². The first-order valence-corrected chi connectivity index (χ1v) is 7.75. The molecule has 1 aliphatic rings. The number of hydrogen-bond acceptors (Lipinski definition) is 5. The lowest BCUT2D eigenvalue weighted by Crippen LogP contribution is -2.39. The minimum Gasteiger partial charge on any atom is -0.494 e. The van der Waals surface area contributed by atoms with Crippen molar-refractivity contribution >= 4 is 23.3 Å². The molecule has 0 unspecified atom stereocenters. The highest BCUT2D eigenvalue weighted by Gasteiger charge is 2.29. The maximum absolute atomic E-state index is 12.2. The number of benzene rings is 2. The van der Waals surface area contributed by atoms with Crippen LogP contribution in [-0.4, -0.2) is 24.5 Å². The van der Waals surface area contributed by atoms with Crippen molar-refractivity contribution in [3.8, 4) is 11.5 Å². The summed E-state index contributed by atoms with van der Waals surface area (Å²) in [5.41, 5.74) is 1.35. The van der Waals surface area contributed by atoms with Crippen LogP contribution in [0.15, 0.2) is 48.5 Å². The molecule has 0 fully saturated rings. The van der Waals surface area contributed by atoms with E-state index in [0.29, 0.717) is 23.7 Å². The van der Waals surface area contributed by atoms with Crippen molar-refractivity contribution in [2.75, 3.05) is 17.2 Å². The predicted molar refractivity (Wildman–Crippen MR) is 90.3 cm³/mol. The van der Waals surface area contributed by atoms with Gasteiger partial charge in [-0.1, -0.05) is 12.1 Å². The molecule has 6 nitrogen and oxygen atoms in total. The second kappa shape index (κ2) is 7.04. The number of carbonyl (C=O) groups is 2. The Bertz CT molecular complexity index is 743. The predicted octanol–water partition coefficient (Wildman–Crippen LogP) is 2.81. The Morgan fingerprint density at radius 3 is 2.71 bits per heavy atom. The standard InChI is InChI=1S/C18H18N2O4/c1-2-23-13-9-7-12(8-10-13)19-17(21)11-15-18(22)24-16-6-4-3-5-14(16)20-15/h3-10,15,20H,2,11H2,1H3,(H,19,21)/t15-/m1/s1. The van der Waals surface area contributed by atoms with E-state index in [0.717, 1.165) is 5.75 Å². The molecule has 6 heteroatoms. The van der Waals surface area contributed by atoms with E-state index in [1.165, 1.54) is 0 Å². The van der Waals surface area contributed by atoms with Crippen molar-refractivity contribution in [3.05, 3.63) is 48.5 Å². The minimum absolute atomic E-state index is 0.0135. The minimum atomic E-state index is -0.706. The third kappa shape index (κ3) is 3.65. The van der Waals surface area contributed by atoms with Crippen LogP contribution in [0.3, 0.4) is 0 Å². The average molecular weight is 326 g/mol. The van der Waals surface area contributed by atoms with Gasteiger partial charge in [0.05, 0.1) is 18.7 Å². The largest absolute Gasteiger partial charge is 0.494 e. The molecule has 3 rings (SSSR count). The van der Waals surface area contributed by atoms with Crippen molar-refractivity contribution in [1.82, 2.24) is 0 Å². The average Bonchev–Trinajstić information content (AvgIpc) is 2.57. The Balaban J connectivity index is 1.60. The van der Waals surface area contributed by atoms with Crippen molar-refractivity contribution < 1.29 is 19.1 Å². The molecule has 24 heavy (non-hydrogen) atoms. The zero-order chi connectivity index (χ0) is 16.9.